The molecule has 1 aliphatic rings. The molecule has 0 spiro atoms. The number of nitrogens with one attached hydrogen (secondary N) is 1. The summed E-state index contributed by atoms with van der Waals surface area (Å²) in [6.07, 6.45) is 4.82. The molecule has 0 radical (unpaired) electrons. The molecule has 0 saturated carbocycles. The summed E-state index contributed by atoms with van der Waals surface area (Å²) in [7, 11) is 0. The largest absolute Gasteiger partial charge is 0.362 e. The first-order valence-corrected chi connectivity index (χ1v) is 6.68. The monoisotopic (exact) mass is 313 g/mol. The minimum Gasteiger partial charge on any atom is -0.362 e. The van der Waals surface area contributed by atoms with E-state index in [-0.39, 0.29) is 5.56 Å². The van der Waals surface area contributed by atoms with Crippen LogP contribution >= 0.6 is 0 Å². The molecule has 1 aromatic heterocycles. The Morgan fingerprint density at radius 1 is 1.30 bits per heavy atom. The Hall–Kier alpha value is -3.15. The van der Waals surface area contributed by atoms with E-state index in [4.69, 9.17) is 10.2 Å². The van der Waals surface area contributed by atoms with Gasteiger partial charge in [-0.2, -0.15) is 10.3 Å². The van der Waals surface area contributed by atoms with Crippen LogP contribution in [-0.4, -0.2) is 15.4 Å². The van der Waals surface area contributed by atoms with Gasteiger partial charge in [-0.05, 0) is 35.9 Å². The highest BCUT2D eigenvalue weighted by Gasteiger charge is 2.23. The van der Waals surface area contributed by atoms with Crippen molar-refractivity contribution >= 4 is 5.69 Å². The lowest BCUT2D eigenvalue weighted by Crippen LogP contribution is -2.26. The van der Waals surface area contributed by atoms with Crippen LogP contribution in [0.5, 0.6) is 0 Å². The lowest BCUT2D eigenvalue weighted by atomic mass is 10.2. The molecule has 116 valence electrons. The van der Waals surface area contributed by atoms with Crippen LogP contribution in [-0.2, 0) is 11.5 Å². The maximum atomic E-state index is 13.3. The van der Waals surface area contributed by atoms with E-state index < -0.39 is 5.82 Å². The Labute approximate surface area is 131 Å². The van der Waals surface area contributed by atoms with Gasteiger partial charge >= 0.3 is 0 Å². The van der Waals surface area contributed by atoms with Gasteiger partial charge in [-0.15, -0.1) is 4.94 Å². The number of rotatable bonds is 4. The van der Waals surface area contributed by atoms with Crippen molar-refractivity contribution in [1.29, 1.82) is 5.26 Å². The van der Waals surface area contributed by atoms with Crippen LogP contribution in [0.1, 0.15) is 11.1 Å². The molecular formula is C15H12FN5O2. The van der Waals surface area contributed by atoms with E-state index in [1.807, 2.05) is 12.1 Å². The summed E-state index contributed by atoms with van der Waals surface area (Å²) in [5.74, 6) is -0.319. The van der Waals surface area contributed by atoms with Crippen molar-refractivity contribution in [1.82, 2.24) is 15.5 Å². The zero-order valence-corrected chi connectivity index (χ0v) is 11.8. The molecule has 23 heavy (non-hydrogen) atoms. The van der Waals surface area contributed by atoms with Gasteiger partial charge in [-0.3, -0.25) is 10.2 Å². The lowest BCUT2D eigenvalue weighted by molar-refractivity contribution is -0.306. The Morgan fingerprint density at radius 3 is 2.83 bits per heavy atom. The Bertz CT molecular complexity index is 775. The van der Waals surface area contributed by atoms with Crippen LogP contribution in [0.3, 0.4) is 0 Å². The zero-order valence-electron chi connectivity index (χ0n) is 11.8. The molecular weight excluding hydrogens is 301 g/mol. The highest BCUT2D eigenvalue weighted by Crippen LogP contribution is 2.24. The van der Waals surface area contributed by atoms with Gasteiger partial charge in [0.2, 0.25) is 0 Å². The van der Waals surface area contributed by atoms with Gasteiger partial charge in [0.05, 0.1) is 17.5 Å². The van der Waals surface area contributed by atoms with Crippen molar-refractivity contribution in [3.8, 4) is 6.07 Å². The fourth-order valence-electron chi connectivity index (χ4n) is 1.98. The third kappa shape index (κ3) is 3.21. The van der Waals surface area contributed by atoms with Gasteiger partial charge in [0.1, 0.15) is 11.9 Å². The lowest BCUT2D eigenvalue weighted by Gasteiger charge is -2.16. The van der Waals surface area contributed by atoms with E-state index in [9.17, 15) is 9.60 Å². The van der Waals surface area contributed by atoms with Crippen LogP contribution in [0.15, 0.2) is 54.7 Å². The van der Waals surface area contributed by atoms with Crippen LogP contribution in [0.25, 0.3) is 0 Å². The number of nitrogens with zero attached hydrogens (tertiary/aromatic N) is 4. The predicted octanol–water partition coefficient (Wildman–Crippen LogP) is 2.04. The standard InChI is InChI=1S/C15H12FN5O2/c16-14-2-1-13(7-12(14)8-17)20-10-15(21(22)23-20)19-9-11-3-5-18-6-4-11/h1-7,10,19,22H,9H2. The molecule has 0 atom stereocenters. The average molecular weight is 313 g/mol. The van der Waals surface area contributed by atoms with E-state index in [1.54, 1.807) is 18.5 Å². The number of pyridine rings is 1. The molecule has 2 N–H and O–H groups in total. The highest BCUT2D eigenvalue weighted by molar-refractivity contribution is 5.52. The van der Waals surface area contributed by atoms with Gasteiger partial charge in [0.25, 0.3) is 0 Å². The highest BCUT2D eigenvalue weighted by atomic mass is 19.1. The first-order chi connectivity index (χ1) is 11.2. The molecule has 0 unspecified atom stereocenters. The second-order valence-corrected chi connectivity index (χ2v) is 4.68. The maximum absolute atomic E-state index is 13.3. The number of benzene rings is 1. The second-order valence-electron chi connectivity index (χ2n) is 4.68. The Balaban J connectivity index is 1.73. The van der Waals surface area contributed by atoms with Crippen molar-refractivity contribution < 1.29 is 14.5 Å². The topological polar surface area (TPSA) is 84.7 Å². The molecule has 0 aliphatic carbocycles. The fourth-order valence-corrected chi connectivity index (χ4v) is 1.98. The molecule has 8 heteroatoms. The average Bonchev–Trinajstić information content (AvgIpc) is 2.95. The molecule has 2 heterocycles. The van der Waals surface area contributed by atoms with Crippen LogP contribution in [0.4, 0.5) is 10.1 Å². The van der Waals surface area contributed by atoms with Gasteiger partial charge in [-0.1, -0.05) is 5.23 Å². The normalized spacial score (nSPS) is 13.7. The minimum atomic E-state index is -0.615. The fraction of sp³-hybridized carbons (Fsp3) is 0.0667. The quantitative estimate of drug-likeness (QED) is 0.893. The van der Waals surface area contributed by atoms with Gasteiger partial charge in [-0.25, -0.2) is 4.39 Å². The number of aromatic nitrogens is 1. The van der Waals surface area contributed by atoms with Crippen molar-refractivity contribution in [2.45, 2.75) is 6.54 Å². The Morgan fingerprint density at radius 2 is 2.09 bits per heavy atom. The predicted molar refractivity (Wildman–Crippen MR) is 77.5 cm³/mol. The molecule has 1 aromatic carbocycles. The van der Waals surface area contributed by atoms with Crippen molar-refractivity contribution in [2.24, 2.45) is 0 Å². The molecule has 1 aliphatic heterocycles. The van der Waals surface area contributed by atoms with Crippen molar-refractivity contribution in [2.75, 3.05) is 5.06 Å². The first kappa shape index (κ1) is 14.8. The van der Waals surface area contributed by atoms with Gasteiger partial charge in [0, 0.05) is 18.9 Å². The molecule has 0 saturated heterocycles. The number of halogens is 1. The number of hydroxylamine groups is 3. The van der Waals surface area contributed by atoms with Crippen molar-refractivity contribution in [3.05, 3.63) is 71.7 Å². The molecule has 0 fully saturated rings. The van der Waals surface area contributed by atoms with Crippen molar-refractivity contribution in [3.63, 3.8) is 0 Å². The second kappa shape index (κ2) is 6.31. The smallest absolute Gasteiger partial charge is 0.179 e. The third-order valence-corrected chi connectivity index (χ3v) is 3.16. The van der Waals surface area contributed by atoms with E-state index in [2.05, 4.69) is 10.3 Å². The summed E-state index contributed by atoms with van der Waals surface area (Å²) in [4.78, 5) is 9.03. The summed E-state index contributed by atoms with van der Waals surface area (Å²) >= 11 is 0. The molecule has 7 nitrogen and oxygen atoms in total. The van der Waals surface area contributed by atoms with Gasteiger partial charge in [0.15, 0.2) is 5.82 Å². The summed E-state index contributed by atoms with van der Waals surface area (Å²) < 4.78 is 13.3. The zero-order chi connectivity index (χ0) is 16.2. The van der Waals surface area contributed by atoms with E-state index in [0.717, 1.165) is 11.6 Å². The molecule has 0 bridgehead atoms. The SMILES string of the molecule is N#Cc1cc(N2C=C(NCc3ccncc3)N(O)O2)ccc1F. The number of hydrogen-bond acceptors (Lipinski definition) is 7. The van der Waals surface area contributed by atoms with Crippen LogP contribution in [0, 0.1) is 17.1 Å². The van der Waals surface area contributed by atoms with E-state index in [1.165, 1.54) is 23.4 Å². The van der Waals surface area contributed by atoms with Crippen LogP contribution in [0.2, 0.25) is 0 Å². The Kier molecular flexibility index (Phi) is 4.05. The number of hydrogen-bond donors (Lipinski definition) is 2. The third-order valence-electron chi connectivity index (χ3n) is 3.16. The molecule has 2 aromatic rings. The summed E-state index contributed by atoms with van der Waals surface area (Å²) in [5, 5.41) is 23.4. The van der Waals surface area contributed by atoms with Crippen LogP contribution < -0.4 is 10.4 Å². The maximum Gasteiger partial charge on any atom is 0.179 e. The summed E-state index contributed by atoms with van der Waals surface area (Å²) in [5.41, 5.74) is 1.27. The number of anilines is 1. The summed E-state index contributed by atoms with van der Waals surface area (Å²) in [6.45, 7) is 0.454. The molecule has 3 rings (SSSR count). The van der Waals surface area contributed by atoms with E-state index in [0.29, 0.717) is 23.3 Å². The van der Waals surface area contributed by atoms with E-state index >= 15 is 0 Å². The first-order valence-electron chi connectivity index (χ1n) is 6.68. The van der Waals surface area contributed by atoms with Gasteiger partial charge < -0.3 is 5.32 Å². The minimum absolute atomic E-state index is 0.109. The molecule has 0 amide bonds. The number of nitriles is 1. The summed E-state index contributed by atoms with van der Waals surface area (Å²) in [6, 6.07) is 9.35.